The van der Waals surface area contributed by atoms with Gasteiger partial charge in [0, 0.05) is 13.7 Å². The molecule has 0 aromatic carbocycles. The van der Waals surface area contributed by atoms with Crippen molar-refractivity contribution in [2.45, 2.75) is 63.3 Å². The van der Waals surface area contributed by atoms with Crippen molar-refractivity contribution in [2.75, 3.05) is 13.7 Å². The molecule has 4 unspecified atom stereocenters. The molecule has 3 rings (SSSR count). The first kappa shape index (κ1) is 12.9. The van der Waals surface area contributed by atoms with Crippen LogP contribution in [0.25, 0.3) is 0 Å². The number of methoxy groups -OCH3 is 1. The second-order valence-electron chi connectivity index (χ2n) is 5.88. The average molecular weight is 266 g/mol. The minimum absolute atomic E-state index is 0.0826. The van der Waals surface area contributed by atoms with Crippen molar-refractivity contribution in [3.8, 4) is 0 Å². The first-order valence-corrected chi connectivity index (χ1v) is 7.30. The predicted molar refractivity (Wildman–Crippen MR) is 69.5 cm³/mol. The zero-order chi connectivity index (χ0) is 13.6. The Bertz CT molecular complexity index is 398. The third-order valence-corrected chi connectivity index (χ3v) is 4.93. The number of nitrogens with zero attached hydrogens (tertiary/aromatic N) is 2. The van der Waals surface area contributed by atoms with Crippen LogP contribution < -0.4 is 0 Å². The Hall–Kier alpha value is -1.10. The smallest absolute Gasteiger partial charge is 0.246 e. The summed E-state index contributed by atoms with van der Waals surface area (Å²) in [5, 5.41) is 0. The van der Waals surface area contributed by atoms with Crippen molar-refractivity contribution < 1.29 is 14.3 Å². The number of carbonyl (C=O) groups excluding carboxylic acids is 2. The number of carbonyl (C=O) groups is 2. The van der Waals surface area contributed by atoms with E-state index in [4.69, 9.17) is 4.74 Å². The van der Waals surface area contributed by atoms with E-state index in [1.54, 1.807) is 12.0 Å². The molecule has 2 heterocycles. The highest BCUT2D eigenvalue weighted by molar-refractivity contribution is 5.97. The molecule has 0 bridgehead atoms. The number of hydrogen-bond donors (Lipinski definition) is 0. The summed E-state index contributed by atoms with van der Waals surface area (Å²) in [6.07, 6.45) is 4.86. The van der Waals surface area contributed by atoms with E-state index in [0.717, 1.165) is 38.6 Å². The molecule has 2 saturated heterocycles. The van der Waals surface area contributed by atoms with Gasteiger partial charge in [-0.2, -0.15) is 0 Å². The van der Waals surface area contributed by atoms with Crippen LogP contribution in [-0.4, -0.2) is 59.5 Å². The molecule has 1 aliphatic carbocycles. The van der Waals surface area contributed by atoms with Crippen molar-refractivity contribution in [3.63, 3.8) is 0 Å². The number of rotatable bonds is 2. The van der Waals surface area contributed by atoms with Crippen LogP contribution in [0.4, 0.5) is 0 Å². The molecule has 3 fully saturated rings. The standard InChI is InChI=1S/C14H22N2O3/c1-9-13(17)15-8-4-6-11(15)14(18)16(9)10-5-3-7-12(10)19-2/h9-12H,3-8H2,1-2H3. The Balaban J connectivity index is 1.87. The highest BCUT2D eigenvalue weighted by atomic mass is 16.5. The minimum Gasteiger partial charge on any atom is -0.379 e. The molecule has 3 aliphatic rings. The molecule has 5 heteroatoms. The fourth-order valence-corrected chi connectivity index (χ4v) is 3.96. The van der Waals surface area contributed by atoms with Gasteiger partial charge >= 0.3 is 0 Å². The van der Waals surface area contributed by atoms with Gasteiger partial charge in [0.1, 0.15) is 12.1 Å². The van der Waals surface area contributed by atoms with Crippen molar-refractivity contribution in [1.82, 2.24) is 9.80 Å². The largest absolute Gasteiger partial charge is 0.379 e. The predicted octanol–water partition coefficient (Wildman–Crippen LogP) is 0.776. The summed E-state index contributed by atoms with van der Waals surface area (Å²) >= 11 is 0. The molecule has 0 aromatic heterocycles. The molecule has 0 radical (unpaired) electrons. The number of piperazine rings is 1. The highest BCUT2D eigenvalue weighted by Crippen LogP contribution is 2.34. The van der Waals surface area contributed by atoms with E-state index in [0.29, 0.717) is 0 Å². The molecule has 2 aliphatic heterocycles. The quantitative estimate of drug-likeness (QED) is 0.742. The fourth-order valence-electron chi connectivity index (χ4n) is 3.96. The lowest BCUT2D eigenvalue weighted by Crippen LogP contribution is -2.65. The summed E-state index contributed by atoms with van der Waals surface area (Å²) in [4.78, 5) is 28.7. The average Bonchev–Trinajstić information content (AvgIpc) is 3.05. The summed E-state index contributed by atoms with van der Waals surface area (Å²) in [6, 6.07) is -0.455. The van der Waals surface area contributed by atoms with Crippen LogP contribution in [0.5, 0.6) is 0 Å². The van der Waals surface area contributed by atoms with Gasteiger partial charge in [0.05, 0.1) is 12.1 Å². The van der Waals surface area contributed by atoms with Crippen LogP contribution in [0.3, 0.4) is 0 Å². The molecular formula is C14H22N2O3. The summed E-state index contributed by atoms with van der Waals surface area (Å²) in [5.74, 6) is 0.252. The SMILES string of the molecule is COC1CCCC1N1C(=O)C2CCCN2C(=O)C1C. The van der Waals surface area contributed by atoms with Gasteiger partial charge in [-0.3, -0.25) is 9.59 Å². The van der Waals surface area contributed by atoms with Gasteiger partial charge in [-0.15, -0.1) is 0 Å². The van der Waals surface area contributed by atoms with Crippen LogP contribution in [0.1, 0.15) is 39.0 Å². The lowest BCUT2D eigenvalue weighted by atomic mass is 10.0. The number of fused-ring (bicyclic) bond motifs is 1. The van der Waals surface area contributed by atoms with E-state index in [9.17, 15) is 9.59 Å². The summed E-state index contributed by atoms with van der Waals surface area (Å²) in [7, 11) is 1.70. The Kier molecular flexibility index (Phi) is 3.25. The maximum atomic E-state index is 12.7. The van der Waals surface area contributed by atoms with Crippen LogP contribution in [0, 0.1) is 0 Å². The number of ether oxygens (including phenoxy) is 1. The van der Waals surface area contributed by atoms with E-state index in [-0.39, 0.29) is 36.0 Å². The first-order chi connectivity index (χ1) is 9.15. The molecular weight excluding hydrogens is 244 g/mol. The second-order valence-corrected chi connectivity index (χ2v) is 5.88. The van der Waals surface area contributed by atoms with Crippen LogP contribution in [0.2, 0.25) is 0 Å². The van der Waals surface area contributed by atoms with Crippen LogP contribution in [0.15, 0.2) is 0 Å². The number of amides is 2. The number of hydrogen-bond acceptors (Lipinski definition) is 3. The summed E-state index contributed by atoms with van der Waals surface area (Å²) in [5.41, 5.74) is 0. The third kappa shape index (κ3) is 1.86. The minimum atomic E-state index is -0.331. The normalized spacial score (nSPS) is 39.1. The molecule has 106 valence electrons. The van der Waals surface area contributed by atoms with Crippen LogP contribution >= 0.6 is 0 Å². The fraction of sp³-hybridized carbons (Fsp3) is 0.857. The van der Waals surface area contributed by atoms with Gasteiger partial charge < -0.3 is 14.5 Å². The van der Waals surface area contributed by atoms with E-state index in [1.165, 1.54) is 0 Å². The van der Waals surface area contributed by atoms with E-state index in [1.807, 2.05) is 11.8 Å². The Morgan fingerprint density at radius 2 is 1.89 bits per heavy atom. The van der Waals surface area contributed by atoms with E-state index < -0.39 is 0 Å². The summed E-state index contributed by atoms with van der Waals surface area (Å²) in [6.45, 7) is 2.60. The second kappa shape index (κ2) is 4.78. The van der Waals surface area contributed by atoms with Gasteiger partial charge in [-0.1, -0.05) is 0 Å². The molecule has 19 heavy (non-hydrogen) atoms. The lowest BCUT2D eigenvalue weighted by Gasteiger charge is -2.45. The Morgan fingerprint density at radius 3 is 2.63 bits per heavy atom. The molecule has 2 amide bonds. The van der Waals surface area contributed by atoms with Gasteiger partial charge in [-0.25, -0.2) is 0 Å². The van der Waals surface area contributed by atoms with Crippen LogP contribution in [-0.2, 0) is 14.3 Å². The van der Waals surface area contributed by atoms with Crippen molar-refractivity contribution in [2.24, 2.45) is 0 Å². The maximum Gasteiger partial charge on any atom is 0.246 e. The van der Waals surface area contributed by atoms with Crippen molar-refractivity contribution in [3.05, 3.63) is 0 Å². The van der Waals surface area contributed by atoms with Crippen molar-refractivity contribution in [1.29, 1.82) is 0 Å². The van der Waals surface area contributed by atoms with Gasteiger partial charge in [0.25, 0.3) is 0 Å². The molecule has 0 N–H and O–H groups in total. The van der Waals surface area contributed by atoms with E-state index >= 15 is 0 Å². The van der Waals surface area contributed by atoms with Gasteiger partial charge in [0.15, 0.2) is 0 Å². The maximum absolute atomic E-state index is 12.7. The monoisotopic (exact) mass is 266 g/mol. The molecule has 0 spiro atoms. The zero-order valence-corrected chi connectivity index (χ0v) is 11.7. The first-order valence-electron chi connectivity index (χ1n) is 7.30. The van der Waals surface area contributed by atoms with E-state index in [2.05, 4.69) is 0 Å². The zero-order valence-electron chi connectivity index (χ0n) is 11.7. The van der Waals surface area contributed by atoms with Gasteiger partial charge in [0.2, 0.25) is 11.8 Å². The molecule has 0 aromatic rings. The molecule has 1 saturated carbocycles. The Labute approximate surface area is 113 Å². The third-order valence-electron chi connectivity index (χ3n) is 4.93. The molecule has 5 nitrogen and oxygen atoms in total. The lowest BCUT2D eigenvalue weighted by molar-refractivity contribution is -0.163. The highest BCUT2D eigenvalue weighted by Gasteiger charge is 2.50. The van der Waals surface area contributed by atoms with Gasteiger partial charge in [-0.05, 0) is 39.0 Å². The topological polar surface area (TPSA) is 49.9 Å². The molecule has 4 atom stereocenters. The summed E-state index contributed by atoms with van der Waals surface area (Å²) < 4.78 is 5.50. The van der Waals surface area contributed by atoms with Crippen molar-refractivity contribution >= 4 is 11.8 Å². The Morgan fingerprint density at radius 1 is 1.11 bits per heavy atom.